The van der Waals surface area contributed by atoms with E-state index in [0.717, 1.165) is 5.56 Å². The van der Waals surface area contributed by atoms with Gasteiger partial charge >= 0.3 is 0 Å². The van der Waals surface area contributed by atoms with Crippen molar-refractivity contribution < 1.29 is 19.9 Å². The first kappa shape index (κ1) is 15.0. The molecule has 0 saturated heterocycles. The van der Waals surface area contributed by atoms with E-state index < -0.39 is 11.5 Å². The van der Waals surface area contributed by atoms with Crippen molar-refractivity contribution in [3.63, 3.8) is 0 Å². The van der Waals surface area contributed by atoms with Gasteiger partial charge in [0.05, 0.1) is 17.1 Å². The molecule has 2 N–H and O–H groups in total. The molecular formula is C15H15NO5. The number of aliphatic hydroxyl groups is 2. The Balaban J connectivity index is 2.30. The van der Waals surface area contributed by atoms with Crippen molar-refractivity contribution in [3.8, 4) is 11.5 Å². The largest absolute Gasteiger partial charge is 0.457 e. The third-order valence-corrected chi connectivity index (χ3v) is 3.00. The fourth-order valence-corrected chi connectivity index (χ4v) is 1.99. The van der Waals surface area contributed by atoms with E-state index in [1.807, 2.05) is 12.1 Å². The molecule has 0 amide bonds. The van der Waals surface area contributed by atoms with Crippen LogP contribution in [0.4, 0.5) is 5.69 Å². The van der Waals surface area contributed by atoms with E-state index in [-0.39, 0.29) is 17.9 Å². The molecule has 2 aromatic carbocycles. The highest BCUT2D eigenvalue weighted by molar-refractivity contribution is 5.47. The molecule has 0 heterocycles. The van der Waals surface area contributed by atoms with Crippen molar-refractivity contribution in [1.82, 2.24) is 0 Å². The zero-order valence-electron chi connectivity index (χ0n) is 11.2. The van der Waals surface area contributed by atoms with E-state index in [2.05, 4.69) is 0 Å². The van der Waals surface area contributed by atoms with Crippen molar-refractivity contribution in [2.24, 2.45) is 0 Å². The molecule has 0 atom stereocenters. The zero-order valence-corrected chi connectivity index (χ0v) is 11.2. The Hall–Kier alpha value is -2.44. The quantitative estimate of drug-likeness (QED) is 0.629. The molecule has 110 valence electrons. The molecule has 0 spiro atoms. The number of rotatable bonds is 6. The van der Waals surface area contributed by atoms with Crippen LogP contribution in [0.1, 0.15) is 11.1 Å². The number of nitrogens with zero attached hydrogens (tertiary/aromatic N) is 1. The van der Waals surface area contributed by atoms with Gasteiger partial charge in [-0.3, -0.25) is 10.1 Å². The van der Waals surface area contributed by atoms with Gasteiger partial charge in [-0.15, -0.1) is 0 Å². The highest BCUT2D eigenvalue weighted by Gasteiger charge is 2.14. The minimum atomic E-state index is -0.547. The molecule has 21 heavy (non-hydrogen) atoms. The van der Waals surface area contributed by atoms with Crippen LogP contribution in [0.5, 0.6) is 11.5 Å². The van der Waals surface area contributed by atoms with Gasteiger partial charge < -0.3 is 14.9 Å². The molecule has 0 aromatic heterocycles. The average Bonchev–Trinajstić information content (AvgIpc) is 2.49. The fraction of sp³-hybridized carbons (Fsp3) is 0.200. The lowest BCUT2D eigenvalue weighted by atomic mass is 10.1. The molecular weight excluding hydrogens is 274 g/mol. The highest BCUT2D eigenvalue weighted by atomic mass is 16.6. The first-order chi connectivity index (χ1) is 10.2. The Bertz CT molecular complexity index is 642. The van der Waals surface area contributed by atoms with Crippen molar-refractivity contribution in [2.75, 3.05) is 6.61 Å². The lowest BCUT2D eigenvalue weighted by molar-refractivity contribution is -0.385. The van der Waals surface area contributed by atoms with Gasteiger partial charge in [-0.2, -0.15) is 0 Å². The van der Waals surface area contributed by atoms with Crippen LogP contribution in [0.2, 0.25) is 0 Å². The number of nitro groups is 1. The van der Waals surface area contributed by atoms with Crippen LogP contribution in [0.25, 0.3) is 0 Å². The third-order valence-electron chi connectivity index (χ3n) is 3.00. The second-order valence-corrected chi connectivity index (χ2v) is 4.39. The average molecular weight is 289 g/mol. The van der Waals surface area contributed by atoms with Crippen molar-refractivity contribution in [2.45, 2.75) is 13.0 Å². The monoisotopic (exact) mass is 289 g/mol. The molecule has 0 aliphatic heterocycles. The van der Waals surface area contributed by atoms with Gasteiger partial charge in [0.15, 0.2) is 0 Å². The summed E-state index contributed by atoms with van der Waals surface area (Å²) in [5, 5.41) is 29.0. The number of ether oxygens (including phenoxy) is 1. The minimum absolute atomic E-state index is 0.00250. The zero-order chi connectivity index (χ0) is 15.2. The normalized spacial score (nSPS) is 10.4. The van der Waals surface area contributed by atoms with Gasteiger partial charge in [0.25, 0.3) is 5.69 Å². The summed E-state index contributed by atoms with van der Waals surface area (Å²) in [6.45, 7) is -0.436. The summed E-state index contributed by atoms with van der Waals surface area (Å²) >= 11 is 0. The Morgan fingerprint density at radius 1 is 1.10 bits per heavy atom. The fourth-order valence-electron chi connectivity index (χ4n) is 1.99. The summed E-state index contributed by atoms with van der Waals surface area (Å²) in [7, 11) is 0. The van der Waals surface area contributed by atoms with E-state index in [9.17, 15) is 15.2 Å². The van der Waals surface area contributed by atoms with Crippen molar-refractivity contribution in [3.05, 3.63) is 63.7 Å². The van der Waals surface area contributed by atoms with E-state index in [0.29, 0.717) is 17.9 Å². The summed E-state index contributed by atoms with van der Waals surface area (Å²) in [6, 6.07) is 11.5. The van der Waals surface area contributed by atoms with E-state index >= 15 is 0 Å². The topological polar surface area (TPSA) is 92.8 Å². The molecule has 0 bridgehead atoms. The minimum Gasteiger partial charge on any atom is -0.457 e. The number of hydrogen-bond acceptors (Lipinski definition) is 5. The summed E-state index contributed by atoms with van der Waals surface area (Å²) in [5.41, 5.74) is 0.884. The molecule has 0 fully saturated rings. The van der Waals surface area contributed by atoms with E-state index in [1.165, 1.54) is 18.2 Å². The predicted octanol–water partition coefficient (Wildman–Crippen LogP) is 2.41. The molecule has 0 radical (unpaired) electrons. The van der Waals surface area contributed by atoms with Crippen LogP contribution in [-0.4, -0.2) is 21.7 Å². The summed E-state index contributed by atoms with van der Waals surface area (Å²) in [4.78, 5) is 10.3. The molecule has 2 aromatic rings. The maximum Gasteiger partial charge on any atom is 0.275 e. The van der Waals surface area contributed by atoms with Crippen LogP contribution in [0.3, 0.4) is 0 Å². The van der Waals surface area contributed by atoms with Crippen molar-refractivity contribution >= 4 is 5.69 Å². The molecule has 0 aliphatic rings. The van der Waals surface area contributed by atoms with Gasteiger partial charge in [-0.05, 0) is 30.2 Å². The Kier molecular flexibility index (Phi) is 4.86. The summed E-state index contributed by atoms with van der Waals surface area (Å²) in [5.74, 6) is 0.972. The third kappa shape index (κ3) is 3.56. The highest BCUT2D eigenvalue weighted by Crippen LogP contribution is 2.29. The molecule has 2 rings (SSSR count). The van der Waals surface area contributed by atoms with E-state index in [4.69, 9.17) is 9.84 Å². The molecule has 0 saturated carbocycles. The smallest absolute Gasteiger partial charge is 0.275 e. The Morgan fingerprint density at radius 2 is 1.86 bits per heavy atom. The molecule has 0 unspecified atom stereocenters. The summed E-state index contributed by atoms with van der Waals surface area (Å²) in [6.07, 6.45) is 0.454. The van der Waals surface area contributed by atoms with Crippen LogP contribution >= 0.6 is 0 Å². The molecule has 6 nitrogen and oxygen atoms in total. The van der Waals surface area contributed by atoms with Gasteiger partial charge in [0.1, 0.15) is 11.5 Å². The SMILES string of the molecule is O=[N+]([O-])c1ccc(Oc2ccccc2CCO)cc1CO. The van der Waals surface area contributed by atoms with Crippen molar-refractivity contribution in [1.29, 1.82) is 0 Å². The first-order valence-electron chi connectivity index (χ1n) is 6.40. The Morgan fingerprint density at radius 3 is 2.52 bits per heavy atom. The van der Waals surface area contributed by atoms with Crippen LogP contribution in [0, 0.1) is 10.1 Å². The number of hydrogen-bond donors (Lipinski definition) is 2. The lowest BCUT2D eigenvalue weighted by Crippen LogP contribution is -1.98. The van der Waals surface area contributed by atoms with Gasteiger partial charge in [-0.1, -0.05) is 18.2 Å². The number of benzene rings is 2. The lowest BCUT2D eigenvalue weighted by Gasteiger charge is -2.11. The van der Waals surface area contributed by atoms with Crippen LogP contribution in [0.15, 0.2) is 42.5 Å². The van der Waals surface area contributed by atoms with Gasteiger partial charge in [0.2, 0.25) is 0 Å². The number of para-hydroxylation sites is 1. The molecule has 6 heteroatoms. The van der Waals surface area contributed by atoms with Gasteiger partial charge in [0, 0.05) is 12.7 Å². The standard InChI is InChI=1S/C15H15NO5/c17-8-7-11-3-1-2-4-15(11)21-13-5-6-14(16(19)20)12(9-13)10-18/h1-6,9,17-18H,7-8,10H2. The summed E-state index contributed by atoms with van der Waals surface area (Å²) < 4.78 is 5.69. The molecule has 0 aliphatic carbocycles. The maximum absolute atomic E-state index is 10.8. The maximum atomic E-state index is 10.8. The second-order valence-electron chi connectivity index (χ2n) is 4.39. The van der Waals surface area contributed by atoms with E-state index in [1.54, 1.807) is 12.1 Å². The Labute approximate surface area is 121 Å². The number of aliphatic hydroxyl groups excluding tert-OH is 2. The second kappa shape index (κ2) is 6.83. The van der Waals surface area contributed by atoms with Gasteiger partial charge in [-0.25, -0.2) is 0 Å². The van der Waals surface area contributed by atoms with Crippen LogP contribution in [-0.2, 0) is 13.0 Å². The number of nitro benzene ring substituents is 1. The predicted molar refractivity (Wildman–Crippen MR) is 76.3 cm³/mol. The van der Waals surface area contributed by atoms with Crippen LogP contribution < -0.4 is 4.74 Å². The first-order valence-corrected chi connectivity index (χ1v) is 6.40.